The first-order valence-electron chi connectivity index (χ1n) is 9.94. The third kappa shape index (κ3) is 8.18. The second kappa shape index (κ2) is 14.2. The lowest BCUT2D eigenvalue weighted by molar-refractivity contribution is 0.218. The molecule has 1 aromatic carbocycles. The van der Waals surface area contributed by atoms with Gasteiger partial charge in [0.15, 0.2) is 5.96 Å². The summed E-state index contributed by atoms with van der Waals surface area (Å²) in [5.41, 5.74) is 2.31. The van der Waals surface area contributed by atoms with Crippen molar-refractivity contribution in [2.24, 2.45) is 4.99 Å². The van der Waals surface area contributed by atoms with Gasteiger partial charge in [0.1, 0.15) is 5.75 Å². The number of methoxy groups -OCH3 is 1. The summed E-state index contributed by atoms with van der Waals surface area (Å²) in [5.74, 6) is 1.68. The van der Waals surface area contributed by atoms with Crippen molar-refractivity contribution < 1.29 is 4.74 Å². The zero-order valence-corrected chi connectivity index (χ0v) is 20.2. The molecule has 160 valence electrons. The minimum Gasteiger partial charge on any atom is -0.497 e. The largest absolute Gasteiger partial charge is 0.497 e. The number of guanidine groups is 1. The highest BCUT2D eigenvalue weighted by Crippen LogP contribution is 2.23. The van der Waals surface area contributed by atoms with Crippen LogP contribution in [-0.4, -0.2) is 56.2 Å². The molecule has 0 aliphatic rings. The highest BCUT2D eigenvalue weighted by molar-refractivity contribution is 14.0. The molecule has 1 atom stereocenters. The topological polar surface area (TPSA) is 61.8 Å². The van der Waals surface area contributed by atoms with Gasteiger partial charge in [0.2, 0.25) is 0 Å². The predicted molar refractivity (Wildman–Crippen MR) is 131 cm³/mol. The Morgan fingerprint density at radius 3 is 2.55 bits per heavy atom. The van der Waals surface area contributed by atoms with Crippen LogP contribution < -0.4 is 15.4 Å². The molecular weight excluding hydrogens is 477 g/mol. The van der Waals surface area contributed by atoms with E-state index in [4.69, 9.17) is 4.74 Å². The van der Waals surface area contributed by atoms with Crippen LogP contribution in [0.4, 0.5) is 0 Å². The molecule has 2 N–H and O–H groups in total. The molecule has 0 fully saturated rings. The highest BCUT2D eigenvalue weighted by Gasteiger charge is 2.19. The molecule has 1 heterocycles. The van der Waals surface area contributed by atoms with Gasteiger partial charge in [-0.3, -0.25) is 14.9 Å². The van der Waals surface area contributed by atoms with Crippen LogP contribution in [0.2, 0.25) is 0 Å². The summed E-state index contributed by atoms with van der Waals surface area (Å²) in [6, 6.07) is 14.5. The summed E-state index contributed by atoms with van der Waals surface area (Å²) in [5, 5.41) is 6.85. The molecule has 6 nitrogen and oxygen atoms in total. The second-order valence-corrected chi connectivity index (χ2v) is 6.46. The van der Waals surface area contributed by atoms with Gasteiger partial charge >= 0.3 is 0 Å². The normalized spacial score (nSPS) is 12.2. The number of ether oxygens (including phenoxy) is 1. The van der Waals surface area contributed by atoms with E-state index in [1.54, 1.807) is 14.2 Å². The molecule has 2 rings (SSSR count). The average Bonchev–Trinajstić information content (AvgIpc) is 2.76. The van der Waals surface area contributed by atoms with Gasteiger partial charge in [-0.25, -0.2) is 0 Å². The van der Waals surface area contributed by atoms with Gasteiger partial charge < -0.3 is 15.4 Å². The van der Waals surface area contributed by atoms with E-state index in [0.29, 0.717) is 0 Å². The van der Waals surface area contributed by atoms with E-state index in [2.05, 4.69) is 51.5 Å². The molecule has 0 saturated heterocycles. The number of hydrogen-bond donors (Lipinski definition) is 2. The van der Waals surface area contributed by atoms with Crippen LogP contribution in [-0.2, 0) is 6.42 Å². The number of benzene rings is 1. The number of likely N-dealkylation sites (N-methyl/N-ethyl adjacent to an activating group) is 1. The second-order valence-electron chi connectivity index (χ2n) is 6.46. The molecule has 0 aliphatic heterocycles. The summed E-state index contributed by atoms with van der Waals surface area (Å²) >= 11 is 0. The summed E-state index contributed by atoms with van der Waals surface area (Å²) < 4.78 is 5.41. The molecule has 0 bridgehead atoms. The van der Waals surface area contributed by atoms with Crippen LogP contribution in [0.15, 0.2) is 53.7 Å². The van der Waals surface area contributed by atoms with E-state index in [-0.39, 0.29) is 30.0 Å². The lowest BCUT2D eigenvalue weighted by Gasteiger charge is -2.31. The standard InChI is InChI=1S/C22H33N5O.HI/c1-5-27(6-2)21(18-10-9-12-20(16-18)28-4)17-26-22(23-3)25-15-13-19-11-7-8-14-24-19;/h7-12,14,16,21H,5-6,13,15,17H2,1-4H3,(H2,23,25,26);1H. The third-order valence-electron chi connectivity index (χ3n) is 4.82. The van der Waals surface area contributed by atoms with Gasteiger partial charge in [0, 0.05) is 38.4 Å². The first-order valence-corrected chi connectivity index (χ1v) is 9.94. The number of hydrogen-bond acceptors (Lipinski definition) is 4. The number of aromatic nitrogens is 1. The number of nitrogens with zero attached hydrogens (tertiary/aromatic N) is 3. The fourth-order valence-corrected chi connectivity index (χ4v) is 3.24. The van der Waals surface area contributed by atoms with Crippen LogP contribution in [0.25, 0.3) is 0 Å². The quantitative estimate of drug-likeness (QED) is 0.291. The van der Waals surface area contributed by atoms with Crippen molar-refractivity contribution in [3.05, 3.63) is 59.9 Å². The SMILES string of the molecule is CCN(CC)C(CNC(=NC)NCCc1ccccn1)c1cccc(OC)c1.I. The number of aliphatic imine (C=N–C) groups is 1. The Morgan fingerprint density at radius 1 is 1.14 bits per heavy atom. The monoisotopic (exact) mass is 511 g/mol. The highest BCUT2D eigenvalue weighted by atomic mass is 127. The van der Waals surface area contributed by atoms with Gasteiger partial charge in [0.25, 0.3) is 0 Å². The van der Waals surface area contributed by atoms with E-state index in [9.17, 15) is 0 Å². The Labute approximate surface area is 192 Å². The molecule has 0 saturated carbocycles. The van der Waals surface area contributed by atoms with Gasteiger partial charge in [0.05, 0.1) is 13.2 Å². The fourth-order valence-electron chi connectivity index (χ4n) is 3.24. The van der Waals surface area contributed by atoms with E-state index in [0.717, 1.165) is 50.0 Å². The van der Waals surface area contributed by atoms with Crippen LogP contribution in [0.5, 0.6) is 5.75 Å². The maximum absolute atomic E-state index is 5.41. The van der Waals surface area contributed by atoms with Gasteiger partial charge in [-0.05, 0) is 42.9 Å². The van der Waals surface area contributed by atoms with Crippen LogP contribution in [0.1, 0.15) is 31.1 Å². The Balaban J connectivity index is 0.00000420. The summed E-state index contributed by atoms with van der Waals surface area (Å²) in [6.07, 6.45) is 2.68. The number of halogens is 1. The third-order valence-corrected chi connectivity index (χ3v) is 4.82. The van der Waals surface area contributed by atoms with Crippen molar-refractivity contribution in [2.75, 3.05) is 40.3 Å². The van der Waals surface area contributed by atoms with Crippen molar-refractivity contribution >= 4 is 29.9 Å². The van der Waals surface area contributed by atoms with Gasteiger partial charge in [-0.15, -0.1) is 24.0 Å². The van der Waals surface area contributed by atoms with E-state index in [1.807, 2.05) is 36.5 Å². The van der Waals surface area contributed by atoms with Gasteiger partial charge in [-0.1, -0.05) is 32.0 Å². The van der Waals surface area contributed by atoms with Gasteiger partial charge in [-0.2, -0.15) is 0 Å². The van der Waals surface area contributed by atoms with E-state index < -0.39 is 0 Å². The molecule has 7 heteroatoms. The Hall–Kier alpha value is -1.87. The Bertz CT molecular complexity index is 722. The van der Waals surface area contributed by atoms with Crippen LogP contribution in [0.3, 0.4) is 0 Å². The van der Waals surface area contributed by atoms with Crippen molar-refractivity contribution in [3.63, 3.8) is 0 Å². The van der Waals surface area contributed by atoms with Crippen LogP contribution >= 0.6 is 24.0 Å². The first kappa shape index (κ1) is 25.2. The average molecular weight is 511 g/mol. The maximum Gasteiger partial charge on any atom is 0.191 e. The van der Waals surface area contributed by atoms with Crippen molar-refractivity contribution in [1.82, 2.24) is 20.5 Å². The summed E-state index contributed by atoms with van der Waals surface area (Å²) in [7, 11) is 3.51. The fraction of sp³-hybridized carbons (Fsp3) is 0.455. The first-order chi connectivity index (χ1) is 13.7. The zero-order chi connectivity index (χ0) is 20.2. The lowest BCUT2D eigenvalue weighted by Crippen LogP contribution is -2.43. The zero-order valence-electron chi connectivity index (χ0n) is 17.9. The van der Waals surface area contributed by atoms with Crippen molar-refractivity contribution in [3.8, 4) is 5.75 Å². The molecule has 0 radical (unpaired) electrons. The number of nitrogens with one attached hydrogen (secondary N) is 2. The van der Waals surface area contributed by atoms with E-state index >= 15 is 0 Å². The molecule has 0 amide bonds. The number of pyridine rings is 1. The molecule has 0 spiro atoms. The number of rotatable bonds is 10. The van der Waals surface area contributed by atoms with Crippen molar-refractivity contribution in [2.45, 2.75) is 26.3 Å². The maximum atomic E-state index is 5.41. The Kier molecular flexibility index (Phi) is 12.3. The molecule has 0 aliphatic carbocycles. The summed E-state index contributed by atoms with van der Waals surface area (Å²) in [4.78, 5) is 11.2. The Morgan fingerprint density at radius 2 is 1.93 bits per heavy atom. The van der Waals surface area contributed by atoms with E-state index in [1.165, 1.54) is 5.56 Å². The minimum atomic E-state index is 0. The molecular formula is C22H34IN5O. The van der Waals surface area contributed by atoms with Crippen LogP contribution in [0, 0.1) is 0 Å². The molecule has 2 aromatic rings. The lowest BCUT2D eigenvalue weighted by atomic mass is 10.0. The molecule has 29 heavy (non-hydrogen) atoms. The minimum absolute atomic E-state index is 0. The molecule has 1 unspecified atom stereocenters. The smallest absolute Gasteiger partial charge is 0.191 e. The predicted octanol–water partition coefficient (Wildman–Crippen LogP) is 3.50. The van der Waals surface area contributed by atoms with Crippen molar-refractivity contribution in [1.29, 1.82) is 0 Å². The molecule has 1 aromatic heterocycles. The summed E-state index contributed by atoms with van der Waals surface area (Å²) in [6.45, 7) is 7.88.